The Labute approximate surface area is 194 Å². The highest BCUT2D eigenvalue weighted by molar-refractivity contribution is 6.33. The molecule has 2 aliphatic heterocycles. The van der Waals surface area contributed by atoms with Crippen LogP contribution in [0, 0.1) is 0 Å². The number of ether oxygens (including phenoxy) is 1. The zero-order valence-electron chi connectivity index (χ0n) is 18.7. The first-order valence-electron chi connectivity index (χ1n) is 10.8. The Balaban J connectivity index is 1.40. The molecule has 0 aromatic carbocycles. The monoisotopic (exact) mass is 486 g/mol. The molecule has 0 saturated carbocycles. The van der Waals surface area contributed by atoms with Gasteiger partial charge in [-0.25, -0.2) is 9.78 Å². The van der Waals surface area contributed by atoms with Crippen LogP contribution in [-0.4, -0.2) is 56.0 Å². The molecule has 1 saturated heterocycles. The molecule has 0 atom stereocenters. The van der Waals surface area contributed by atoms with Gasteiger partial charge in [0.2, 0.25) is 0 Å². The topological polar surface area (TPSA) is 76.4 Å². The summed E-state index contributed by atoms with van der Waals surface area (Å²) < 4.78 is 46.1. The van der Waals surface area contributed by atoms with Gasteiger partial charge in [0.1, 0.15) is 17.2 Å². The highest BCUT2D eigenvalue weighted by Crippen LogP contribution is 2.36. The predicted molar refractivity (Wildman–Crippen MR) is 115 cm³/mol. The molecule has 0 N–H and O–H groups in total. The summed E-state index contributed by atoms with van der Waals surface area (Å²) in [7, 11) is 0. The zero-order chi connectivity index (χ0) is 24.0. The molecule has 180 valence electrons. The van der Waals surface area contributed by atoms with Gasteiger partial charge < -0.3 is 14.2 Å². The average Bonchev–Trinajstić information content (AvgIpc) is 3.15. The SMILES string of the molecule is CC(C)(C)OC(=O)N1CCn2c(nnc2C2CCN(c3ncc(C(F)(F)F)cc3Cl)CC2)C1. The number of pyridine rings is 1. The van der Waals surface area contributed by atoms with E-state index in [9.17, 15) is 18.0 Å². The standard InChI is InChI=1S/C21H26ClF3N6O2/c1-20(2,3)33-19(32)30-8-9-31-16(12-30)27-28-17(31)13-4-6-29(7-5-13)18-15(22)10-14(11-26-18)21(23,24)25/h10-11,13H,4-9,12H2,1-3H3. The van der Waals surface area contributed by atoms with Crippen molar-refractivity contribution in [1.29, 1.82) is 0 Å². The smallest absolute Gasteiger partial charge is 0.417 e. The Morgan fingerprint density at radius 3 is 2.42 bits per heavy atom. The fourth-order valence-corrected chi connectivity index (χ4v) is 4.42. The van der Waals surface area contributed by atoms with E-state index < -0.39 is 17.3 Å². The number of nitrogens with zero attached hydrogens (tertiary/aromatic N) is 6. The lowest BCUT2D eigenvalue weighted by atomic mass is 9.95. The van der Waals surface area contributed by atoms with Crippen LogP contribution in [0.1, 0.15) is 56.7 Å². The van der Waals surface area contributed by atoms with Crippen LogP contribution in [0.25, 0.3) is 0 Å². The van der Waals surface area contributed by atoms with Crippen molar-refractivity contribution in [1.82, 2.24) is 24.6 Å². The van der Waals surface area contributed by atoms with Crippen molar-refractivity contribution in [2.75, 3.05) is 24.5 Å². The summed E-state index contributed by atoms with van der Waals surface area (Å²) in [6.45, 7) is 8.11. The number of halogens is 4. The van der Waals surface area contributed by atoms with E-state index in [1.807, 2.05) is 25.7 Å². The third kappa shape index (κ3) is 5.18. The second-order valence-corrected chi connectivity index (χ2v) is 9.72. The second kappa shape index (κ2) is 8.66. The van der Waals surface area contributed by atoms with Crippen LogP contribution >= 0.6 is 11.6 Å². The molecular weight excluding hydrogens is 461 g/mol. The van der Waals surface area contributed by atoms with Gasteiger partial charge in [0.05, 0.1) is 17.1 Å². The van der Waals surface area contributed by atoms with Gasteiger partial charge in [-0.1, -0.05) is 11.6 Å². The van der Waals surface area contributed by atoms with Crippen molar-refractivity contribution in [3.8, 4) is 0 Å². The van der Waals surface area contributed by atoms with Crippen LogP contribution in [0.15, 0.2) is 12.3 Å². The fourth-order valence-electron chi connectivity index (χ4n) is 4.13. The summed E-state index contributed by atoms with van der Waals surface area (Å²) in [5, 5.41) is 8.68. The fraction of sp³-hybridized carbons (Fsp3) is 0.619. The van der Waals surface area contributed by atoms with Gasteiger partial charge in [-0.2, -0.15) is 13.2 Å². The largest absolute Gasteiger partial charge is 0.444 e. The molecule has 0 spiro atoms. The number of fused-ring (bicyclic) bond motifs is 1. The van der Waals surface area contributed by atoms with Crippen molar-refractivity contribution in [2.45, 2.75) is 64.4 Å². The molecule has 12 heteroatoms. The summed E-state index contributed by atoms with van der Waals surface area (Å²) >= 11 is 6.11. The Bertz CT molecular complexity index is 1030. The van der Waals surface area contributed by atoms with Crippen LogP contribution in [0.5, 0.6) is 0 Å². The first-order valence-corrected chi connectivity index (χ1v) is 11.2. The van der Waals surface area contributed by atoms with Gasteiger partial charge in [0.25, 0.3) is 0 Å². The van der Waals surface area contributed by atoms with E-state index in [0.29, 0.717) is 38.5 Å². The maximum absolute atomic E-state index is 12.9. The number of alkyl halides is 3. The third-order valence-corrected chi connectivity index (χ3v) is 6.02. The summed E-state index contributed by atoms with van der Waals surface area (Å²) in [4.78, 5) is 19.9. The molecule has 0 aliphatic carbocycles. The van der Waals surface area contributed by atoms with Crippen LogP contribution in [0.2, 0.25) is 5.02 Å². The second-order valence-electron chi connectivity index (χ2n) is 9.32. The molecule has 1 fully saturated rings. The lowest BCUT2D eigenvalue weighted by molar-refractivity contribution is -0.137. The van der Waals surface area contributed by atoms with Gasteiger partial charge in [-0.05, 0) is 39.7 Å². The Kier molecular flexibility index (Phi) is 6.19. The Morgan fingerprint density at radius 1 is 1.12 bits per heavy atom. The van der Waals surface area contributed by atoms with E-state index in [1.165, 1.54) is 0 Å². The number of hydrogen-bond donors (Lipinski definition) is 0. The van der Waals surface area contributed by atoms with E-state index in [0.717, 1.165) is 36.8 Å². The average molecular weight is 487 g/mol. The lowest BCUT2D eigenvalue weighted by Gasteiger charge is -2.34. The van der Waals surface area contributed by atoms with Gasteiger partial charge in [0.15, 0.2) is 5.82 Å². The molecule has 0 bridgehead atoms. The van der Waals surface area contributed by atoms with E-state index in [2.05, 4.69) is 19.7 Å². The minimum Gasteiger partial charge on any atom is -0.444 e. The van der Waals surface area contributed by atoms with E-state index in [-0.39, 0.29) is 17.0 Å². The molecular formula is C21H26ClF3N6O2. The normalized spacial score (nSPS) is 17.8. The van der Waals surface area contributed by atoms with Crippen molar-refractivity contribution >= 4 is 23.5 Å². The number of hydrogen-bond acceptors (Lipinski definition) is 6. The van der Waals surface area contributed by atoms with Gasteiger partial charge in [-0.15, -0.1) is 10.2 Å². The van der Waals surface area contributed by atoms with E-state index in [1.54, 1.807) is 4.90 Å². The summed E-state index contributed by atoms with van der Waals surface area (Å²) in [5.74, 6) is 2.11. The van der Waals surface area contributed by atoms with E-state index in [4.69, 9.17) is 16.3 Å². The Hall–Kier alpha value is -2.56. The van der Waals surface area contributed by atoms with Crippen LogP contribution in [0.4, 0.5) is 23.8 Å². The van der Waals surface area contributed by atoms with Gasteiger partial charge in [-0.3, -0.25) is 4.90 Å². The zero-order valence-corrected chi connectivity index (χ0v) is 19.4. The predicted octanol–water partition coefficient (Wildman–Crippen LogP) is 4.48. The maximum atomic E-state index is 12.9. The number of anilines is 1. The quantitative estimate of drug-likeness (QED) is 0.623. The van der Waals surface area contributed by atoms with Crippen molar-refractivity contribution in [2.24, 2.45) is 0 Å². The van der Waals surface area contributed by atoms with Crippen molar-refractivity contribution < 1.29 is 22.7 Å². The molecule has 0 radical (unpaired) electrons. The summed E-state index contributed by atoms with van der Waals surface area (Å²) in [6.07, 6.45) is -2.54. The number of rotatable bonds is 2. The molecule has 0 unspecified atom stereocenters. The molecule has 2 aromatic rings. The van der Waals surface area contributed by atoms with Gasteiger partial charge >= 0.3 is 12.3 Å². The molecule has 33 heavy (non-hydrogen) atoms. The Morgan fingerprint density at radius 2 is 1.82 bits per heavy atom. The minimum atomic E-state index is -4.48. The van der Waals surface area contributed by atoms with Crippen LogP contribution in [-0.2, 0) is 24.0 Å². The molecule has 1 amide bonds. The van der Waals surface area contributed by atoms with Crippen molar-refractivity contribution in [3.63, 3.8) is 0 Å². The van der Waals surface area contributed by atoms with Crippen LogP contribution in [0.3, 0.4) is 0 Å². The number of piperidine rings is 1. The molecule has 4 rings (SSSR count). The highest BCUT2D eigenvalue weighted by atomic mass is 35.5. The molecule has 4 heterocycles. The van der Waals surface area contributed by atoms with Crippen molar-refractivity contribution in [3.05, 3.63) is 34.5 Å². The lowest BCUT2D eigenvalue weighted by Crippen LogP contribution is -2.42. The van der Waals surface area contributed by atoms with Gasteiger partial charge in [0, 0.05) is 38.3 Å². The molecule has 8 nitrogen and oxygen atoms in total. The summed E-state index contributed by atoms with van der Waals surface area (Å²) in [5.41, 5.74) is -1.42. The van der Waals surface area contributed by atoms with Crippen LogP contribution < -0.4 is 4.90 Å². The highest BCUT2D eigenvalue weighted by Gasteiger charge is 2.34. The number of carbonyl (C=O) groups excluding carboxylic acids is 1. The third-order valence-electron chi connectivity index (χ3n) is 5.74. The molecule has 2 aliphatic rings. The number of amides is 1. The summed E-state index contributed by atoms with van der Waals surface area (Å²) in [6, 6.07) is 0.918. The first-order chi connectivity index (χ1) is 15.4. The number of carbonyl (C=O) groups is 1. The number of aromatic nitrogens is 4. The minimum absolute atomic E-state index is 0.00892. The van der Waals surface area contributed by atoms with E-state index >= 15 is 0 Å². The first kappa shape index (κ1) is 23.6. The maximum Gasteiger partial charge on any atom is 0.417 e. The molecule has 2 aromatic heterocycles.